The second-order valence-electron chi connectivity index (χ2n) is 5.69. The lowest BCUT2D eigenvalue weighted by atomic mass is 10.1. The molecule has 1 aliphatic rings. The van der Waals surface area contributed by atoms with E-state index in [1.54, 1.807) is 0 Å². The topological polar surface area (TPSA) is 32.3 Å². The number of nitrogens with one attached hydrogen (secondary N) is 1. The van der Waals surface area contributed by atoms with Crippen molar-refractivity contribution in [3.05, 3.63) is 34.9 Å². The minimum Gasteiger partial charge on any atom is -0.322 e. The van der Waals surface area contributed by atoms with Crippen molar-refractivity contribution in [1.82, 2.24) is 10.2 Å². The number of amides is 1. The Labute approximate surface area is 132 Å². The number of unbranched alkanes of at least 4 members (excludes halogenated alkanes) is 5. The Morgan fingerprint density at radius 2 is 2.00 bits per heavy atom. The summed E-state index contributed by atoms with van der Waals surface area (Å²) >= 11 is 6.05. The van der Waals surface area contributed by atoms with E-state index in [1.165, 1.54) is 32.1 Å². The van der Waals surface area contributed by atoms with Gasteiger partial charge in [0.05, 0.1) is 6.54 Å². The van der Waals surface area contributed by atoms with Crippen molar-refractivity contribution in [3.8, 4) is 0 Å². The van der Waals surface area contributed by atoms with Crippen molar-refractivity contribution in [2.24, 2.45) is 0 Å². The predicted molar refractivity (Wildman–Crippen MR) is 87.3 cm³/mol. The molecule has 2 rings (SSSR count). The largest absolute Gasteiger partial charge is 0.322 e. The maximum Gasteiger partial charge on any atom is 0.238 e. The molecular formula is C17H25ClN2O. The number of rotatable bonds is 8. The van der Waals surface area contributed by atoms with Crippen LogP contribution in [0.3, 0.4) is 0 Å². The number of hydrogen-bond acceptors (Lipinski definition) is 2. The van der Waals surface area contributed by atoms with Crippen molar-refractivity contribution in [2.75, 3.05) is 13.1 Å². The molecule has 21 heavy (non-hydrogen) atoms. The van der Waals surface area contributed by atoms with Crippen LogP contribution in [0.1, 0.15) is 57.2 Å². The first-order valence-corrected chi connectivity index (χ1v) is 8.38. The van der Waals surface area contributed by atoms with Crippen molar-refractivity contribution in [2.45, 2.75) is 51.6 Å². The smallest absolute Gasteiger partial charge is 0.238 e. The van der Waals surface area contributed by atoms with Crippen LogP contribution >= 0.6 is 11.6 Å². The van der Waals surface area contributed by atoms with E-state index < -0.39 is 0 Å². The summed E-state index contributed by atoms with van der Waals surface area (Å²) in [6.07, 6.45) is 7.42. The summed E-state index contributed by atoms with van der Waals surface area (Å²) in [4.78, 5) is 14.0. The van der Waals surface area contributed by atoms with Crippen LogP contribution in [0.4, 0.5) is 0 Å². The minimum absolute atomic E-state index is 0.0214. The molecule has 1 aromatic carbocycles. The molecule has 0 aromatic heterocycles. The molecule has 1 heterocycles. The van der Waals surface area contributed by atoms with Gasteiger partial charge in [-0.15, -0.1) is 0 Å². The molecule has 0 aliphatic carbocycles. The molecule has 1 saturated heterocycles. The van der Waals surface area contributed by atoms with Crippen LogP contribution in [-0.4, -0.2) is 23.9 Å². The van der Waals surface area contributed by atoms with Crippen LogP contribution in [0.25, 0.3) is 0 Å². The molecule has 4 heteroatoms. The number of nitrogens with zero attached hydrogens (tertiary/aromatic N) is 1. The summed E-state index contributed by atoms with van der Waals surface area (Å²) in [5, 5.41) is 3.99. The second-order valence-corrected chi connectivity index (χ2v) is 6.13. The van der Waals surface area contributed by atoms with Crippen molar-refractivity contribution in [3.63, 3.8) is 0 Å². The minimum atomic E-state index is -0.0214. The van der Waals surface area contributed by atoms with Gasteiger partial charge in [-0.2, -0.15) is 0 Å². The Hall–Kier alpha value is -1.06. The van der Waals surface area contributed by atoms with Gasteiger partial charge in [-0.1, -0.05) is 62.8 Å². The van der Waals surface area contributed by atoms with Crippen LogP contribution in [-0.2, 0) is 4.79 Å². The summed E-state index contributed by atoms with van der Waals surface area (Å²) in [5.74, 6) is 0.188. The molecule has 1 unspecified atom stereocenters. The van der Waals surface area contributed by atoms with E-state index in [-0.39, 0.29) is 12.1 Å². The average molecular weight is 309 g/mol. The lowest BCUT2D eigenvalue weighted by Gasteiger charge is -2.24. The molecule has 3 nitrogen and oxygen atoms in total. The molecule has 1 aliphatic heterocycles. The standard InChI is InChI=1S/C17H25ClN2O/c1-2-3-4-5-6-7-11-20-16(21)13-19-17(20)14-9-8-10-15(18)12-14/h8-10,12,17,19H,2-7,11,13H2,1H3. The Bertz CT molecular complexity index is 464. The van der Waals surface area contributed by atoms with Gasteiger partial charge in [-0.3, -0.25) is 10.1 Å². The van der Waals surface area contributed by atoms with Gasteiger partial charge < -0.3 is 4.90 Å². The van der Waals surface area contributed by atoms with Crippen molar-refractivity contribution in [1.29, 1.82) is 0 Å². The molecule has 1 aromatic rings. The molecule has 1 fully saturated rings. The first-order valence-electron chi connectivity index (χ1n) is 8.00. The molecule has 1 N–H and O–H groups in total. The summed E-state index contributed by atoms with van der Waals surface area (Å²) in [6.45, 7) is 3.48. The highest BCUT2D eigenvalue weighted by Gasteiger charge is 2.30. The van der Waals surface area contributed by atoms with E-state index in [1.807, 2.05) is 29.2 Å². The van der Waals surface area contributed by atoms with E-state index in [4.69, 9.17) is 11.6 Å². The average Bonchev–Trinajstić information content (AvgIpc) is 2.84. The number of benzene rings is 1. The highest BCUT2D eigenvalue weighted by atomic mass is 35.5. The third-order valence-electron chi connectivity index (χ3n) is 4.00. The zero-order valence-electron chi connectivity index (χ0n) is 12.8. The molecule has 0 bridgehead atoms. The van der Waals surface area contributed by atoms with Gasteiger partial charge in [-0.05, 0) is 24.1 Å². The number of hydrogen-bond donors (Lipinski definition) is 1. The molecule has 116 valence electrons. The lowest BCUT2D eigenvalue weighted by molar-refractivity contribution is -0.128. The lowest BCUT2D eigenvalue weighted by Crippen LogP contribution is -2.31. The van der Waals surface area contributed by atoms with E-state index in [2.05, 4.69) is 12.2 Å². The van der Waals surface area contributed by atoms with E-state index in [0.717, 1.165) is 18.5 Å². The summed E-state index contributed by atoms with van der Waals surface area (Å²) in [6, 6.07) is 7.76. The molecule has 0 saturated carbocycles. The molecule has 0 spiro atoms. The van der Waals surface area contributed by atoms with Gasteiger partial charge in [0.2, 0.25) is 5.91 Å². The highest BCUT2D eigenvalue weighted by molar-refractivity contribution is 6.30. The maximum atomic E-state index is 12.0. The maximum absolute atomic E-state index is 12.0. The predicted octanol–water partition coefficient (Wildman–Crippen LogP) is 4.13. The van der Waals surface area contributed by atoms with E-state index in [9.17, 15) is 4.79 Å². The fourth-order valence-corrected chi connectivity index (χ4v) is 3.03. The molecular weight excluding hydrogens is 284 g/mol. The normalized spacial score (nSPS) is 18.5. The first kappa shape index (κ1) is 16.3. The van der Waals surface area contributed by atoms with E-state index >= 15 is 0 Å². The van der Waals surface area contributed by atoms with Crippen LogP contribution < -0.4 is 5.32 Å². The summed E-state index contributed by atoms with van der Waals surface area (Å²) in [5.41, 5.74) is 1.07. The third kappa shape index (κ3) is 4.72. The molecule has 0 radical (unpaired) electrons. The van der Waals surface area contributed by atoms with Crippen LogP contribution in [0, 0.1) is 0 Å². The SMILES string of the molecule is CCCCCCCCN1C(=O)CNC1c1cccc(Cl)c1. The van der Waals surface area contributed by atoms with E-state index in [0.29, 0.717) is 11.6 Å². The quantitative estimate of drug-likeness (QED) is 0.732. The fourth-order valence-electron chi connectivity index (χ4n) is 2.83. The van der Waals surface area contributed by atoms with Crippen LogP contribution in [0.5, 0.6) is 0 Å². The van der Waals surface area contributed by atoms with Gasteiger partial charge in [0.1, 0.15) is 6.17 Å². The zero-order chi connectivity index (χ0) is 15.1. The number of halogens is 1. The highest BCUT2D eigenvalue weighted by Crippen LogP contribution is 2.25. The van der Waals surface area contributed by atoms with Crippen LogP contribution in [0.15, 0.2) is 24.3 Å². The van der Waals surface area contributed by atoms with Gasteiger partial charge in [0, 0.05) is 11.6 Å². The Morgan fingerprint density at radius 3 is 2.76 bits per heavy atom. The Kier molecular flexibility index (Phi) is 6.52. The monoisotopic (exact) mass is 308 g/mol. The third-order valence-corrected chi connectivity index (χ3v) is 4.23. The number of carbonyl (C=O) groups is 1. The number of carbonyl (C=O) groups excluding carboxylic acids is 1. The van der Waals surface area contributed by atoms with Crippen molar-refractivity contribution >= 4 is 17.5 Å². The summed E-state index contributed by atoms with van der Waals surface area (Å²) < 4.78 is 0. The fraction of sp³-hybridized carbons (Fsp3) is 0.588. The Balaban J connectivity index is 1.86. The van der Waals surface area contributed by atoms with Gasteiger partial charge in [0.15, 0.2) is 0 Å². The van der Waals surface area contributed by atoms with Crippen LogP contribution in [0.2, 0.25) is 5.02 Å². The zero-order valence-corrected chi connectivity index (χ0v) is 13.5. The van der Waals surface area contributed by atoms with Gasteiger partial charge >= 0.3 is 0 Å². The molecule has 1 amide bonds. The van der Waals surface area contributed by atoms with Crippen molar-refractivity contribution < 1.29 is 4.79 Å². The summed E-state index contributed by atoms with van der Waals surface area (Å²) in [7, 11) is 0. The second kappa shape index (κ2) is 8.40. The van der Waals surface area contributed by atoms with Gasteiger partial charge in [-0.25, -0.2) is 0 Å². The van der Waals surface area contributed by atoms with Gasteiger partial charge in [0.25, 0.3) is 0 Å². The molecule has 1 atom stereocenters. The first-order chi connectivity index (χ1) is 10.2. The Morgan fingerprint density at radius 1 is 1.24 bits per heavy atom.